The maximum absolute atomic E-state index is 12.6. The van der Waals surface area contributed by atoms with Crippen molar-refractivity contribution in [2.45, 2.75) is 12.7 Å². The van der Waals surface area contributed by atoms with E-state index in [0.29, 0.717) is 6.54 Å². The molecule has 0 aliphatic rings. The van der Waals surface area contributed by atoms with Crippen LogP contribution in [0.2, 0.25) is 0 Å². The summed E-state index contributed by atoms with van der Waals surface area (Å²) in [5.41, 5.74) is -0.123. The van der Waals surface area contributed by atoms with Crippen LogP contribution in [0.5, 0.6) is 0 Å². The number of hydrogen-bond donors (Lipinski definition) is 0. The maximum atomic E-state index is 12.6. The Bertz CT molecular complexity index is 540. The fourth-order valence-electron chi connectivity index (χ4n) is 1.61. The largest absolute Gasteiger partial charge is 0.433 e. The van der Waals surface area contributed by atoms with Gasteiger partial charge in [-0.1, -0.05) is 12.1 Å². The molecule has 0 saturated carbocycles. The minimum atomic E-state index is -4.43. The number of hydrogen-bond acceptors (Lipinski definition) is 3. The molecule has 0 amide bonds. The van der Waals surface area contributed by atoms with Crippen molar-refractivity contribution in [2.75, 3.05) is 11.9 Å². The first-order valence-electron chi connectivity index (χ1n) is 5.62. The molecule has 3 nitrogen and oxygen atoms in total. The van der Waals surface area contributed by atoms with Crippen molar-refractivity contribution in [3.05, 3.63) is 54.0 Å². The van der Waals surface area contributed by atoms with Gasteiger partial charge in [0.05, 0.1) is 12.2 Å². The van der Waals surface area contributed by atoms with Crippen molar-refractivity contribution >= 4 is 5.82 Å². The van der Waals surface area contributed by atoms with Gasteiger partial charge < -0.3 is 4.90 Å². The molecular formula is C13H12F3N3. The van der Waals surface area contributed by atoms with Gasteiger partial charge in [-0.15, -0.1) is 0 Å². The molecule has 0 atom stereocenters. The number of alkyl halides is 3. The molecule has 0 spiro atoms. The van der Waals surface area contributed by atoms with Gasteiger partial charge in [0.15, 0.2) is 0 Å². The lowest BCUT2D eigenvalue weighted by Gasteiger charge is -2.18. The summed E-state index contributed by atoms with van der Waals surface area (Å²) in [5.74, 6) is 0.264. The zero-order valence-corrected chi connectivity index (χ0v) is 10.2. The molecule has 19 heavy (non-hydrogen) atoms. The Balaban J connectivity index is 2.18. The first kappa shape index (κ1) is 13.3. The third kappa shape index (κ3) is 3.43. The van der Waals surface area contributed by atoms with Crippen LogP contribution in [0.15, 0.2) is 42.6 Å². The summed E-state index contributed by atoms with van der Waals surface area (Å²) in [6.45, 7) is 0.398. The highest BCUT2D eigenvalue weighted by atomic mass is 19.4. The molecule has 0 bridgehead atoms. The topological polar surface area (TPSA) is 29.0 Å². The Kier molecular flexibility index (Phi) is 3.69. The van der Waals surface area contributed by atoms with Crippen LogP contribution in [0, 0.1) is 0 Å². The lowest BCUT2D eigenvalue weighted by molar-refractivity contribution is -0.141. The van der Waals surface area contributed by atoms with E-state index in [4.69, 9.17) is 0 Å². The number of aromatic nitrogens is 2. The molecule has 2 aromatic rings. The molecule has 6 heteroatoms. The van der Waals surface area contributed by atoms with E-state index in [0.717, 1.165) is 11.8 Å². The lowest BCUT2D eigenvalue weighted by Crippen LogP contribution is -2.20. The van der Waals surface area contributed by atoms with E-state index < -0.39 is 11.9 Å². The van der Waals surface area contributed by atoms with Crippen LogP contribution >= 0.6 is 0 Å². The molecule has 0 aliphatic heterocycles. The highest BCUT2D eigenvalue weighted by molar-refractivity contribution is 5.39. The van der Waals surface area contributed by atoms with Gasteiger partial charge in [0.1, 0.15) is 11.5 Å². The summed E-state index contributed by atoms with van der Waals surface area (Å²) < 4.78 is 37.7. The van der Waals surface area contributed by atoms with Crippen molar-refractivity contribution in [3.8, 4) is 0 Å². The molecule has 0 unspecified atom stereocenters. The number of anilines is 1. The van der Waals surface area contributed by atoms with Crippen molar-refractivity contribution in [1.82, 2.24) is 9.97 Å². The Morgan fingerprint density at radius 1 is 1.11 bits per heavy atom. The first-order chi connectivity index (χ1) is 8.97. The van der Waals surface area contributed by atoms with E-state index in [1.54, 1.807) is 24.2 Å². The Hall–Kier alpha value is -2.11. The quantitative estimate of drug-likeness (QED) is 0.855. The Morgan fingerprint density at radius 3 is 2.53 bits per heavy atom. The molecule has 0 aliphatic carbocycles. The van der Waals surface area contributed by atoms with E-state index >= 15 is 0 Å². The summed E-state index contributed by atoms with van der Waals surface area (Å²) in [7, 11) is 1.68. The second-order valence-electron chi connectivity index (χ2n) is 4.06. The van der Waals surface area contributed by atoms with Crippen LogP contribution in [-0.2, 0) is 12.7 Å². The van der Waals surface area contributed by atoms with E-state index in [1.807, 2.05) is 12.1 Å². The molecule has 0 fully saturated rings. The fraction of sp³-hybridized carbons (Fsp3) is 0.231. The van der Waals surface area contributed by atoms with Gasteiger partial charge in [0.25, 0.3) is 0 Å². The van der Waals surface area contributed by atoms with Crippen LogP contribution in [0.3, 0.4) is 0 Å². The molecular weight excluding hydrogens is 255 g/mol. The van der Waals surface area contributed by atoms with E-state index in [-0.39, 0.29) is 5.82 Å². The summed E-state index contributed by atoms with van der Waals surface area (Å²) in [6.07, 6.45) is -2.79. The molecule has 0 N–H and O–H groups in total. The van der Waals surface area contributed by atoms with Gasteiger partial charge >= 0.3 is 6.18 Å². The van der Waals surface area contributed by atoms with Crippen LogP contribution < -0.4 is 4.90 Å². The monoisotopic (exact) mass is 267 g/mol. The Labute approximate surface area is 108 Å². The van der Waals surface area contributed by atoms with Crippen molar-refractivity contribution in [3.63, 3.8) is 0 Å². The average Bonchev–Trinajstić information content (AvgIpc) is 2.39. The summed E-state index contributed by atoms with van der Waals surface area (Å²) >= 11 is 0. The van der Waals surface area contributed by atoms with Crippen LogP contribution in [-0.4, -0.2) is 17.0 Å². The maximum Gasteiger partial charge on any atom is 0.433 e. The average molecular weight is 267 g/mol. The Morgan fingerprint density at radius 2 is 1.89 bits per heavy atom. The number of pyridine rings is 2. The third-order valence-corrected chi connectivity index (χ3v) is 2.54. The third-order valence-electron chi connectivity index (χ3n) is 2.54. The molecule has 0 aromatic carbocycles. The normalized spacial score (nSPS) is 11.4. The standard InChI is InChI=1S/C13H12F3N3/c1-19(9-10-5-2-3-8-17-10)12-7-4-6-11(18-12)13(14,15)16/h2-8H,9H2,1H3. The fourth-order valence-corrected chi connectivity index (χ4v) is 1.61. The van der Waals surface area contributed by atoms with E-state index in [9.17, 15) is 13.2 Å². The number of nitrogens with zero attached hydrogens (tertiary/aromatic N) is 3. The predicted octanol–water partition coefficient (Wildman–Crippen LogP) is 3.13. The summed E-state index contributed by atoms with van der Waals surface area (Å²) in [4.78, 5) is 9.36. The first-order valence-corrected chi connectivity index (χ1v) is 5.62. The highest BCUT2D eigenvalue weighted by Crippen LogP contribution is 2.28. The second-order valence-corrected chi connectivity index (χ2v) is 4.06. The molecule has 100 valence electrons. The second kappa shape index (κ2) is 5.26. The SMILES string of the molecule is CN(Cc1ccccn1)c1cccc(C(F)(F)F)n1. The highest BCUT2D eigenvalue weighted by Gasteiger charge is 2.32. The number of halogens is 3. The van der Waals surface area contributed by atoms with Crippen LogP contribution in [0.4, 0.5) is 19.0 Å². The molecule has 0 radical (unpaired) electrons. The molecule has 2 aromatic heterocycles. The van der Waals surface area contributed by atoms with Gasteiger partial charge in [-0.25, -0.2) is 4.98 Å². The molecule has 2 heterocycles. The van der Waals surface area contributed by atoms with E-state index in [2.05, 4.69) is 9.97 Å². The van der Waals surface area contributed by atoms with Crippen molar-refractivity contribution in [1.29, 1.82) is 0 Å². The summed E-state index contributed by atoms with van der Waals surface area (Å²) in [5, 5.41) is 0. The van der Waals surface area contributed by atoms with Gasteiger partial charge in [-0.2, -0.15) is 13.2 Å². The predicted molar refractivity (Wildman–Crippen MR) is 65.6 cm³/mol. The smallest absolute Gasteiger partial charge is 0.354 e. The summed E-state index contributed by atoms with van der Waals surface area (Å²) in [6, 6.07) is 9.27. The van der Waals surface area contributed by atoms with E-state index in [1.165, 1.54) is 12.1 Å². The minimum Gasteiger partial charge on any atom is -0.354 e. The van der Waals surface area contributed by atoms with Crippen LogP contribution in [0.25, 0.3) is 0 Å². The van der Waals surface area contributed by atoms with Crippen molar-refractivity contribution < 1.29 is 13.2 Å². The van der Waals surface area contributed by atoms with Gasteiger partial charge in [-0.05, 0) is 24.3 Å². The number of rotatable bonds is 3. The van der Waals surface area contributed by atoms with Crippen LogP contribution in [0.1, 0.15) is 11.4 Å². The van der Waals surface area contributed by atoms with Gasteiger partial charge in [-0.3, -0.25) is 4.98 Å². The molecule has 2 rings (SSSR count). The van der Waals surface area contributed by atoms with Gasteiger partial charge in [0.2, 0.25) is 0 Å². The zero-order chi connectivity index (χ0) is 13.9. The minimum absolute atomic E-state index is 0.264. The van der Waals surface area contributed by atoms with Gasteiger partial charge in [0, 0.05) is 13.2 Å². The molecule has 0 saturated heterocycles. The zero-order valence-electron chi connectivity index (χ0n) is 10.2. The van der Waals surface area contributed by atoms with Crippen molar-refractivity contribution in [2.24, 2.45) is 0 Å². The lowest BCUT2D eigenvalue weighted by atomic mass is 10.3.